The Labute approximate surface area is 106 Å². The fourth-order valence-corrected chi connectivity index (χ4v) is 1.78. The molecule has 0 aromatic rings. The number of hydrogen-bond acceptors (Lipinski definition) is 1. The molecule has 1 N–H and O–H groups in total. The van der Waals surface area contributed by atoms with E-state index in [0.29, 0.717) is 6.42 Å². The van der Waals surface area contributed by atoms with E-state index < -0.39 is 24.5 Å². The van der Waals surface area contributed by atoms with Crippen LogP contribution in [0.1, 0.15) is 44.9 Å². The number of carboxylic acids is 1. The predicted molar refractivity (Wildman–Crippen MR) is 64.5 cm³/mol. The summed E-state index contributed by atoms with van der Waals surface area (Å²) >= 11 is 0. The molecule has 18 heavy (non-hydrogen) atoms. The Morgan fingerprint density at radius 3 is 2.17 bits per heavy atom. The monoisotopic (exact) mass is 266 g/mol. The van der Waals surface area contributed by atoms with Crippen LogP contribution in [-0.2, 0) is 4.79 Å². The normalized spacial score (nSPS) is 14.4. The maximum absolute atomic E-state index is 13.0. The van der Waals surface area contributed by atoms with Gasteiger partial charge in [0.1, 0.15) is 0 Å². The molecule has 0 saturated heterocycles. The summed E-state index contributed by atoms with van der Waals surface area (Å²) in [6.07, 6.45) is 1.10. The van der Waals surface area contributed by atoms with E-state index in [0.717, 1.165) is 32.1 Å². The zero-order chi connectivity index (χ0) is 14.0. The third kappa shape index (κ3) is 7.35. The highest BCUT2D eigenvalue weighted by molar-refractivity contribution is 5.70. The topological polar surface area (TPSA) is 37.3 Å². The lowest BCUT2D eigenvalue weighted by Crippen LogP contribution is -2.30. The van der Waals surface area contributed by atoms with Crippen molar-refractivity contribution in [2.75, 3.05) is 0 Å². The van der Waals surface area contributed by atoms with Crippen LogP contribution in [0.25, 0.3) is 0 Å². The minimum absolute atomic E-state index is 0.0255. The smallest absolute Gasteiger partial charge is 0.309 e. The molecule has 5 heteroatoms. The van der Waals surface area contributed by atoms with Crippen molar-refractivity contribution in [1.82, 2.24) is 0 Å². The summed E-state index contributed by atoms with van der Waals surface area (Å²) in [4.78, 5) is 10.7. The molecule has 0 spiro atoms. The van der Waals surface area contributed by atoms with Gasteiger partial charge in [-0.15, -0.1) is 6.58 Å². The first-order valence-electron chi connectivity index (χ1n) is 6.26. The molecule has 0 heterocycles. The van der Waals surface area contributed by atoms with Crippen molar-refractivity contribution < 1.29 is 23.1 Å². The Balaban J connectivity index is 3.78. The lowest BCUT2D eigenvalue weighted by Gasteiger charge is -2.16. The minimum Gasteiger partial charge on any atom is -0.481 e. The van der Waals surface area contributed by atoms with Crippen molar-refractivity contribution in [2.45, 2.75) is 57.5 Å². The number of alkyl halides is 3. The first kappa shape index (κ1) is 17.0. The van der Waals surface area contributed by atoms with Gasteiger partial charge in [0.2, 0.25) is 0 Å². The van der Waals surface area contributed by atoms with Gasteiger partial charge in [0, 0.05) is 0 Å². The van der Waals surface area contributed by atoms with Crippen LogP contribution in [0.2, 0.25) is 0 Å². The molecular formula is C13H21F3O2. The third-order valence-electron chi connectivity index (χ3n) is 2.87. The van der Waals surface area contributed by atoms with Crippen LogP contribution in [0, 0.1) is 5.92 Å². The number of unbranched alkanes of at least 4 members (excludes halogenated alkanes) is 5. The summed E-state index contributed by atoms with van der Waals surface area (Å²) in [6.45, 7) is 3.60. The number of carboxylic acid groups (broad SMARTS) is 1. The molecule has 0 aromatic carbocycles. The van der Waals surface area contributed by atoms with Crippen LogP contribution >= 0.6 is 0 Å². The van der Waals surface area contributed by atoms with Crippen molar-refractivity contribution in [3.05, 3.63) is 12.7 Å². The summed E-state index contributed by atoms with van der Waals surface area (Å²) in [5.41, 5.74) is 0. The van der Waals surface area contributed by atoms with Crippen LogP contribution in [0.15, 0.2) is 12.7 Å². The van der Waals surface area contributed by atoms with Gasteiger partial charge in [-0.1, -0.05) is 31.8 Å². The largest absolute Gasteiger partial charge is 0.481 e. The SMILES string of the molecule is C=CCCCCCCCC(C(=O)O)C(F)C(F)F. The molecule has 0 rings (SSSR count). The Kier molecular flexibility index (Phi) is 9.42. The zero-order valence-electron chi connectivity index (χ0n) is 10.5. The molecule has 0 saturated carbocycles. The Morgan fingerprint density at radius 2 is 1.67 bits per heavy atom. The first-order valence-corrected chi connectivity index (χ1v) is 6.26. The van der Waals surface area contributed by atoms with Gasteiger partial charge in [-0.3, -0.25) is 4.79 Å². The van der Waals surface area contributed by atoms with Crippen molar-refractivity contribution >= 4 is 5.97 Å². The number of carbonyl (C=O) groups is 1. The van der Waals surface area contributed by atoms with E-state index in [1.807, 2.05) is 6.08 Å². The summed E-state index contributed by atoms with van der Waals surface area (Å²) in [5.74, 6) is -3.06. The van der Waals surface area contributed by atoms with E-state index in [1.165, 1.54) is 0 Å². The maximum atomic E-state index is 13.0. The molecule has 2 atom stereocenters. The summed E-state index contributed by atoms with van der Waals surface area (Å²) in [5, 5.41) is 8.68. The van der Waals surface area contributed by atoms with Gasteiger partial charge in [0.25, 0.3) is 6.43 Å². The highest BCUT2D eigenvalue weighted by Crippen LogP contribution is 2.22. The van der Waals surface area contributed by atoms with E-state index in [9.17, 15) is 18.0 Å². The van der Waals surface area contributed by atoms with Gasteiger partial charge in [0.05, 0.1) is 5.92 Å². The quantitative estimate of drug-likeness (QED) is 0.449. The van der Waals surface area contributed by atoms with Crippen LogP contribution in [0.5, 0.6) is 0 Å². The van der Waals surface area contributed by atoms with Gasteiger partial charge in [-0.25, -0.2) is 13.2 Å². The number of halogens is 3. The molecule has 0 aliphatic heterocycles. The molecule has 0 aliphatic carbocycles. The van der Waals surface area contributed by atoms with Gasteiger partial charge in [0.15, 0.2) is 6.17 Å². The molecule has 0 radical (unpaired) electrons. The average molecular weight is 266 g/mol. The second-order valence-electron chi connectivity index (χ2n) is 4.36. The number of hydrogen-bond donors (Lipinski definition) is 1. The summed E-state index contributed by atoms with van der Waals surface area (Å²) < 4.78 is 37.2. The molecule has 0 aromatic heterocycles. The van der Waals surface area contributed by atoms with Gasteiger partial charge >= 0.3 is 5.97 Å². The van der Waals surface area contributed by atoms with E-state index in [2.05, 4.69) is 6.58 Å². The number of allylic oxidation sites excluding steroid dienone is 1. The maximum Gasteiger partial charge on any atom is 0.309 e. The Morgan fingerprint density at radius 1 is 1.11 bits per heavy atom. The molecule has 0 bridgehead atoms. The number of rotatable bonds is 11. The Bertz CT molecular complexity index is 244. The molecule has 0 amide bonds. The minimum atomic E-state index is -3.22. The van der Waals surface area contributed by atoms with Gasteiger partial charge in [-0.05, 0) is 19.3 Å². The fraction of sp³-hybridized carbons (Fsp3) is 0.769. The van der Waals surface area contributed by atoms with Crippen LogP contribution in [0.4, 0.5) is 13.2 Å². The lowest BCUT2D eigenvalue weighted by molar-refractivity contribution is -0.147. The van der Waals surface area contributed by atoms with Crippen molar-refractivity contribution in [1.29, 1.82) is 0 Å². The molecular weight excluding hydrogens is 245 g/mol. The standard InChI is InChI=1S/C13H21F3O2/c1-2-3-4-5-6-7-8-9-10(13(17)18)11(14)12(15)16/h2,10-12H,1,3-9H2,(H,17,18). The summed E-state index contributed by atoms with van der Waals surface area (Å²) in [7, 11) is 0. The first-order chi connectivity index (χ1) is 8.50. The van der Waals surface area contributed by atoms with Crippen LogP contribution in [-0.4, -0.2) is 23.7 Å². The third-order valence-corrected chi connectivity index (χ3v) is 2.87. The van der Waals surface area contributed by atoms with Crippen molar-refractivity contribution in [2.24, 2.45) is 5.92 Å². The second kappa shape index (κ2) is 9.97. The van der Waals surface area contributed by atoms with Crippen LogP contribution in [0.3, 0.4) is 0 Å². The van der Waals surface area contributed by atoms with E-state index in [-0.39, 0.29) is 6.42 Å². The highest BCUT2D eigenvalue weighted by atomic mass is 19.3. The van der Waals surface area contributed by atoms with E-state index in [4.69, 9.17) is 5.11 Å². The van der Waals surface area contributed by atoms with Crippen molar-refractivity contribution in [3.8, 4) is 0 Å². The molecule has 2 unspecified atom stereocenters. The van der Waals surface area contributed by atoms with Gasteiger partial charge in [-0.2, -0.15) is 0 Å². The van der Waals surface area contributed by atoms with Gasteiger partial charge < -0.3 is 5.11 Å². The van der Waals surface area contributed by atoms with E-state index in [1.54, 1.807) is 0 Å². The van der Waals surface area contributed by atoms with Crippen molar-refractivity contribution in [3.63, 3.8) is 0 Å². The second-order valence-corrected chi connectivity index (χ2v) is 4.36. The molecule has 0 fully saturated rings. The summed E-state index contributed by atoms with van der Waals surface area (Å²) in [6, 6.07) is 0. The number of aliphatic carboxylic acids is 1. The molecule has 2 nitrogen and oxygen atoms in total. The average Bonchev–Trinajstić information content (AvgIpc) is 2.31. The van der Waals surface area contributed by atoms with Crippen LogP contribution < -0.4 is 0 Å². The lowest BCUT2D eigenvalue weighted by atomic mass is 9.96. The molecule has 0 aliphatic rings. The highest BCUT2D eigenvalue weighted by Gasteiger charge is 2.34. The Hall–Kier alpha value is -1.00. The zero-order valence-corrected chi connectivity index (χ0v) is 10.5. The molecule has 106 valence electrons. The fourth-order valence-electron chi connectivity index (χ4n) is 1.78. The van der Waals surface area contributed by atoms with E-state index >= 15 is 0 Å². The predicted octanol–water partition coefficient (Wildman–Crippen LogP) is 4.21.